The molecule has 5 heteroatoms. The van der Waals surface area contributed by atoms with Gasteiger partial charge in [-0.25, -0.2) is 0 Å². The van der Waals surface area contributed by atoms with Crippen molar-refractivity contribution in [2.45, 2.75) is 12.3 Å². The first-order chi connectivity index (χ1) is 9.56. The van der Waals surface area contributed by atoms with Gasteiger partial charge < -0.3 is 10.4 Å². The molecule has 2 aromatic rings. The van der Waals surface area contributed by atoms with E-state index in [9.17, 15) is 9.90 Å². The van der Waals surface area contributed by atoms with E-state index in [2.05, 4.69) is 5.32 Å². The number of carbonyl (C=O) groups excluding carboxylic acids is 1. The third kappa shape index (κ3) is 2.23. The minimum atomic E-state index is -0.261. The Hall–Kier alpha value is -1.71. The Morgan fingerprint density at radius 1 is 1.15 bits per heavy atom. The van der Waals surface area contributed by atoms with Gasteiger partial charge in [0.15, 0.2) is 5.75 Å². The van der Waals surface area contributed by atoms with E-state index in [0.717, 1.165) is 16.8 Å². The summed E-state index contributed by atoms with van der Waals surface area (Å²) in [6, 6.07) is 10.9. The highest BCUT2D eigenvalue weighted by Crippen LogP contribution is 2.37. The second kappa shape index (κ2) is 5.00. The average Bonchev–Trinajstić information content (AvgIpc) is 2.73. The van der Waals surface area contributed by atoms with Crippen LogP contribution in [-0.4, -0.2) is 11.0 Å². The second-order valence-electron chi connectivity index (χ2n) is 4.74. The Labute approximate surface area is 126 Å². The lowest BCUT2D eigenvalue weighted by Gasteiger charge is -2.10. The third-order valence-electron chi connectivity index (χ3n) is 3.43. The number of hydrogen-bond donors (Lipinski definition) is 2. The van der Waals surface area contributed by atoms with Gasteiger partial charge in [0.05, 0.1) is 16.0 Å². The molecular weight excluding hydrogens is 297 g/mol. The van der Waals surface area contributed by atoms with Gasteiger partial charge in [-0.1, -0.05) is 41.4 Å². The molecule has 0 saturated heterocycles. The summed E-state index contributed by atoms with van der Waals surface area (Å²) in [5.41, 5.74) is 2.63. The van der Waals surface area contributed by atoms with Crippen LogP contribution in [0.5, 0.6) is 5.75 Å². The van der Waals surface area contributed by atoms with Crippen LogP contribution in [0.4, 0.5) is 5.69 Å². The molecule has 1 aliphatic heterocycles. The summed E-state index contributed by atoms with van der Waals surface area (Å²) in [5.74, 6) is -0.428. The molecule has 3 rings (SSSR count). The quantitative estimate of drug-likeness (QED) is 0.881. The van der Waals surface area contributed by atoms with Crippen molar-refractivity contribution >= 4 is 34.8 Å². The van der Waals surface area contributed by atoms with E-state index in [0.29, 0.717) is 6.42 Å². The molecular formula is C15H11Cl2NO2. The van der Waals surface area contributed by atoms with Crippen LogP contribution in [0.2, 0.25) is 10.0 Å². The van der Waals surface area contributed by atoms with Crippen LogP contribution in [0, 0.1) is 0 Å². The lowest BCUT2D eigenvalue weighted by atomic mass is 9.93. The minimum absolute atomic E-state index is 0.0356. The summed E-state index contributed by atoms with van der Waals surface area (Å²) in [5, 5.41) is 12.8. The molecule has 0 bridgehead atoms. The van der Waals surface area contributed by atoms with E-state index in [-0.39, 0.29) is 27.6 Å². The van der Waals surface area contributed by atoms with Crippen LogP contribution in [0.25, 0.3) is 0 Å². The van der Waals surface area contributed by atoms with Crippen molar-refractivity contribution in [3.8, 4) is 5.75 Å². The number of benzene rings is 2. The molecule has 2 aromatic carbocycles. The maximum Gasteiger partial charge on any atom is 0.232 e. The van der Waals surface area contributed by atoms with Crippen LogP contribution < -0.4 is 5.32 Å². The van der Waals surface area contributed by atoms with Crippen molar-refractivity contribution in [3.63, 3.8) is 0 Å². The Kier molecular flexibility index (Phi) is 3.32. The largest absolute Gasteiger partial charge is 0.505 e. The summed E-state index contributed by atoms with van der Waals surface area (Å²) >= 11 is 11.8. The molecule has 0 aliphatic carbocycles. The van der Waals surface area contributed by atoms with Gasteiger partial charge in [0.1, 0.15) is 0 Å². The van der Waals surface area contributed by atoms with Crippen molar-refractivity contribution < 1.29 is 9.90 Å². The number of halogens is 2. The summed E-state index contributed by atoms with van der Waals surface area (Å²) in [6.45, 7) is 0. The highest BCUT2D eigenvalue weighted by Gasteiger charge is 2.30. The third-order valence-corrected chi connectivity index (χ3v) is 4.00. The predicted molar refractivity (Wildman–Crippen MR) is 79.6 cm³/mol. The number of hydrogen-bond acceptors (Lipinski definition) is 2. The van der Waals surface area contributed by atoms with Gasteiger partial charge in [-0.2, -0.15) is 0 Å². The van der Waals surface area contributed by atoms with Crippen molar-refractivity contribution in [3.05, 3.63) is 57.6 Å². The second-order valence-corrected chi connectivity index (χ2v) is 5.56. The van der Waals surface area contributed by atoms with E-state index in [4.69, 9.17) is 23.2 Å². The summed E-state index contributed by atoms with van der Waals surface area (Å²) in [6.07, 6.45) is 0.489. The molecule has 0 aromatic heterocycles. The summed E-state index contributed by atoms with van der Waals surface area (Å²) in [7, 11) is 0. The van der Waals surface area contributed by atoms with Gasteiger partial charge in [0.2, 0.25) is 5.91 Å². The van der Waals surface area contributed by atoms with Crippen molar-refractivity contribution in [1.29, 1.82) is 0 Å². The Bertz CT molecular complexity index is 677. The van der Waals surface area contributed by atoms with Crippen LogP contribution in [0.15, 0.2) is 36.4 Å². The number of nitrogens with one attached hydrogen (secondary N) is 1. The fourth-order valence-corrected chi connectivity index (χ4v) is 2.98. The number of phenols is 1. The number of aromatic hydroxyl groups is 1. The molecule has 3 nitrogen and oxygen atoms in total. The van der Waals surface area contributed by atoms with E-state index >= 15 is 0 Å². The first-order valence-electron chi connectivity index (χ1n) is 6.13. The Balaban J connectivity index is 1.94. The van der Waals surface area contributed by atoms with Crippen molar-refractivity contribution in [2.24, 2.45) is 0 Å². The molecule has 2 N–H and O–H groups in total. The van der Waals surface area contributed by atoms with Gasteiger partial charge in [-0.3, -0.25) is 4.79 Å². The van der Waals surface area contributed by atoms with E-state index < -0.39 is 0 Å². The molecule has 1 heterocycles. The first-order valence-corrected chi connectivity index (χ1v) is 6.88. The minimum Gasteiger partial charge on any atom is -0.505 e. The zero-order valence-electron chi connectivity index (χ0n) is 10.4. The number of para-hydroxylation sites is 1. The van der Waals surface area contributed by atoms with Gasteiger partial charge >= 0.3 is 0 Å². The van der Waals surface area contributed by atoms with Gasteiger partial charge in [0.25, 0.3) is 0 Å². The topological polar surface area (TPSA) is 49.3 Å². The standard InChI is InChI=1S/C15H11Cl2NO2/c16-11-6-8(7-12(17)14(11)19)5-10-9-3-1-2-4-13(9)18-15(10)20/h1-4,6-7,10,19H,5H2,(H,18,20). The molecule has 0 saturated carbocycles. The number of rotatable bonds is 2. The van der Waals surface area contributed by atoms with Crippen molar-refractivity contribution in [2.75, 3.05) is 5.32 Å². The molecule has 102 valence electrons. The van der Waals surface area contributed by atoms with Crippen LogP contribution in [0.3, 0.4) is 0 Å². The monoisotopic (exact) mass is 307 g/mol. The zero-order chi connectivity index (χ0) is 14.3. The normalized spacial score (nSPS) is 16.9. The van der Waals surface area contributed by atoms with Gasteiger partial charge in [0, 0.05) is 5.69 Å². The molecule has 20 heavy (non-hydrogen) atoms. The molecule has 0 radical (unpaired) electrons. The van der Waals surface area contributed by atoms with Gasteiger partial charge in [-0.05, 0) is 35.7 Å². The fourth-order valence-electron chi connectivity index (χ4n) is 2.45. The van der Waals surface area contributed by atoms with E-state index in [1.54, 1.807) is 12.1 Å². The maximum absolute atomic E-state index is 12.0. The molecule has 1 aliphatic rings. The molecule has 1 unspecified atom stereocenters. The summed E-state index contributed by atoms with van der Waals surface area (Å²) < 4.78 is 0. The Morgan fingerprint density at radius 2 is 1.80 bits per heavy atom. The molecule has 0 spiro atoms. The van der Waals surface area contributed by atoms with Crippen LogP contribution in [-0.2, 0) is 11.2 Å². The number of anilines is 1. The number of carbonyl (C=O) groups is 1. The highest BCUT2D eigenvalue weighted by molar-refractivity contribution is 6.37. The lowest BCUT2D eigenvalue weighted by Crippen LogP contribution is -2.14. The molecule has 1 atom stereocenters. The molecule has 0 fully saturated rings. The number of fused-ring (bicyclic) bond motifs is 1. The SMILES string of the molecule is O=C1Nc2ccccc2C1Cc1cc(Cl)c(O)c(Cl)c1. The predicted octanol–water partition coefficient (Wildman–Crippen LogP) is 3.98. The Morgan fingerprint density at radius 3 is 2.50 bits per heavy atom. The maximum atomic E-state index is 12.0. The fraction of sp³-hybridized carbons (Fsp3) is 0.133. The zero-order valence-corrected chi connectivity index (χ0v) is 11.9. The van der Waals surface area contributed by atoms with Crippen LogP contribution in [0.1, 0.15) is 17.0 Å². The average molecular weight is 308 g/mol. The van der Waals surface area contributed by atoms with E-state index in [1.165, 1.54) is 0 Å². The highest BCUT2D eigenvalue weighted by atomic mass is 35.5. The molecule has 1 amide bonds. The number of phenolic OH excluding ortho intramolecular Hbond substituents is 1. The summed E-state index contributed by atoms with van der Waals surface area (Å²) in [4.78, 5) is 12.0. The van der Waals surface area contributed by atoms with Gasteiger partial charge in [-0.15, -0.1) is 0 Å². The first kappa shape index (κ1) is 13.3. The van der Waals surface area contributed by atoms with Crippen LogP contribution >= 0.6 is 23.2 Å². The van der Waals surface area contributed by atoms with E-state index in [1.807, 2.05) is 24.3 Å². The van der Waals surface area contributed by atoms with Crippen molar-refractivity contribution in [1.82, 2.24) is 0 Å². The smallest absolute Gasteiger partial charge is 0.232 e. The number of amides is 1. The lowest BCUT2D eigenvalue weighted by molar-refractivity contribution is -0.117.